The van der Waals surface area contributed by atoms with Crippen molar-refractivity contribution in [2.45, 2.75) is 37.9 Å². The van der Waals surface area contributed by atoms with Crippen molar-refractivity contribution in [2.75, 3.05) is 0 Å². The average molecular weight is 153 g/mol. The summed E-state index contributed by atoms with van der Waals surface area (Å²) < 4.78 is 13.7. The largest absolute Gasteiger partial charge is 0.255 e. The minimum Gasteiger partial charge on any atom is -0.255 e. The summed E-state index contributed by atoms with van der Waals surface area (Å²) in [7, 11) is 0. The summed E-state index contributed by atoms with van der Waals surface area (Å²) in [6.07, 6.45) is 4.90. The first kappa shape index (κ1) is 6.15. The van der Waals surface area contributed by atoms with Crippen LogP contribution in [-0.4, -0.2) is 11.5 Å². The second-order valence-electron chi connectivity index (χ2n) is 4.38. The number of hydrogen-bond acceptors (Lipinski definition) is 1. The van der Waals surface area contributed by atoms with Gasteiger partial charge in [0, 0.05) is 18.6 Å². The van der Waals surface area contributed by atoms with E-state index in [2.05, 4.69) is 4.99 Å². The van der Waals surface area contributed by atoms with E-state index in [0.717, 1.165) is 12.8 Å². The van der Waals surface area contributed by atoms with Crippen LogP contribution in [0.5, 0.6) is 0 Å². The molecule has 60 valence electrons. The molecule has 0 spiro atoms. The molecule has 0 aromatic carbocycles. The molecule has 4 rings (SSSR count). The van der Waals surface area contributed by atoms with Crippen LogP contribution in [-0.2, 0) is 0 Å². The Kier molecular flexibility index (Phi) is 0.936. The van der Waals surface area contributed by atoms with E-state index in [0.29, 0.717) is 24.7 Å². The van der Waals surface area contributed by atoms with Gasteiger partial charge in [0.15, 0.2) is 5.79 Å². The molecule has 2 aliphatic carbocycles. The molecule has 4 bridgehead atoms. The van der Waals surface area contributed by atoms with Crippen LogP contribution in [0.25, 0.3) is 0 Å². The van der Waals surface area contributed by atoms with Crippen LogP contribution in [0.15, 0.2) is 4.99 Å². The van der Waals surface area contributed by atoms with Gasteiger partial charge in [0.25, 0.3) is 0 Å². The molecule has 0 N–H and O–H groups in total. The highest BCUT2D eigenvalue weighted by Gasteiger charge is 2.48. The molecule has 2 heteroatoms. The van der Waals surface area contributed by atoms with E-state index in [1.165, 1.54) is 12.1 Å². The zero-order chi connectivity index (χ0) is 7.47. The first-order valence-corrected chi connectivity index (χ1v) is 4.50. The highest BCUT2D eigenvalue weighted by Crippen LogP contribution is 2.50. The lowest BCUT2D eigenvalue weighted by Gasteiger charge is -2.46. The van der Waals surface area contributed by atoms with Gasteiger partial charge >= 0.3 is 0 Å². The Morgan fingerprint density at radius 1 is 1.27 bits per heavy atom. The molecule has 0 amide bonds. The van der Waals surface area contributed by atoms with E-state index in [-0.39, 0.29) is 0 Å². The summed E-state index contributed by atoms with van der Waals surface area (Å²) in [5.41, 5.74) is 1.17. The molecule has 0 radical (unpaired) electrons. The zero-order valence-electron chi connectivity index (χ0n) is 6.52. The Morgan fingerprint density at radius 2 is 1.91 bits per heavy atom. The number of rotatable bonds is 0. The molecule has 2 unspecified atom stereocenters. The Bertz CT molecular complexity index is 218. The maximum atomic E-state index is 13.7. The van der Waals surface area contributed by atoms with Crippen molar-refractivity contribution in [1.82, 2.24) is 0 Å². The van der Waals surface area contributed by atoms with Gasteiger partial charge in [0.05, 0.1) is 0 Å². The first-order chi connectivity index (χ1) is 5.23. The monoisotopic (exact) mass is 153 g/mol. The van der Waals surface area contributed by atoms with Crippen LogP contribution in [0.3, 0.4) is 0 Å². The standard InChI is InChI=1S/C9H12FN/c10-9-4-6-1-7(5-9)3-8(2-6)11-9/h6-7H,1-5H2. The fourth-order valence-electron chi connectivity index (χ4n) is 3.13. The third kappa shape index (κ3) is 0.784. The van der Waals surface area contributed by atoms with E-state index < -0.39 is 5.79 Å². The lowest BCUT2D eigenvalue weighted by Crippen LogP contribution is -2.44. The predicted molar refractivity (Wildman–Crippen MR) is 41.3 cm³/mol. The third-order valence-electron chi connectivity index (χ3n) is 3.28. The van der Waals surface area contributed by atoms with Crippen molar-refractivity contribution >= 4 is 5.71 Å². The summed E-state index contributed by atoms with van der Waals surface area (Å²) in [4.78, 5) is 4.15. The van der Waals surface area contributed by atoms with E-state index in [1.54, 1.807) is 0 Å². The van der Waals surface area contributed by atoms with Crippen LogP contribution >= 0.6 is 0 Å². The van der Waals surface area contributed by atoms with Crippen molar-refractivity contribution in [1.29, 1.82) is 0 Å². The highest BCUT2D eigenvalue weighted by molar-refractivity contribution is 5.87. The van der Waals surface area contributed by atoms with Gasteiger partial charge in [-0.3, -0.25) is 4.99 Å². The minimum absolute atomic E-state index is 0.639. The lowest BCUT2D eigenvalue weighted by atomic mass is 9.66. The van der Waals surface area contributed by atoms with Crippen LogP contribution in [0.4, 0.5) is 4.39 Å². The first-order valence-electron chi connectivity index (χ1n) is 4.50. The number of aliphatic imine (C=N–C) groups is 1. The van der Waals surface area contributed by atoms with Gasteiger partial charge < -0.3 is 0 Å². The van der Waals surface area contributed by atoms with Crippen molar-refractivity contribution in [3.63, 3.8) is 0 Å². The SMILES string of the molecule is FC12CC3CC(=N1)CC(C3)C2. The topological polar surface area (TPSA) is 12.4 Å². The molecule has 2 atom stereocenters. The lowest BCUT2D eigenvalue weighted by molar-refractivity contribution is 0.0290. The highest BCUT2D eigenvalue weighted by atomic mass is 19.1. The van der Waals surface area contributed by atoms with Gasteiger partial charge in [0.1, 0.15) is 0 Å². The summed E-state index contributed by atoms with van der Waals surface area (Å²) in [5.74, 6) is 0.166. The van der Waals surface area contributed by atoms with E-state index >= 15 is 0 Å². The summed E-state index contributed by atoms with van der Waals surface area (Å²) >= 11 is 0. The van der Waals surface area contributed by atoms with Crippen molar-refractivity contribution < 1.29 is 4.39 Å². The van der Waals surface area contributed by atoms with Crippen LogP contribution in [0.1, 0.15) is 32.1 Å². The van der Waals surface area contributed by atoms with Crippen LogP contribution < -0.4 is 0 Å². The molecule has 1 nitrogen and oxygen atoms in total. The Morgan fingerprint density at radius 3 is 2.36 bits per heavy atom. The van der Waals surface area contributed by atoms with E-state index in [9.17, 15) is 4.39 Å². The van der Waals surface area contributed by atoms with Gasteiger partial charge in [-0.25, -0.2) is 4.39 Å². The molecule has 2 saturated carbocycles. The van der Waals surface area contributed by atoms with Gasteiger partial charge in [-0.15, -0.1) is 0 Å². The fraction of sp³-hybridized carbons (Fsp3) is 0.889. The second kappa shape index (κ2) is 1.67. The molecule has 2 aliphatic heterocycles. The van der Waals surface area contributed by atoms with E-state index in [4.69, 9.17) is 0 Å². The Labute approximate surface area is 65.7 Å². The van der Waals surface area contributed by atoms with E-state index in [1.807, 2.05) is 0 Å². The average Bonchev–Trinajstić information content (AvgIpc) is 1.79. The molecule has 4 aliphatic rings. The molecule has 0 saturated heterocycles. The van der Waals surface area contributed by atoms with Crippen LogP contribution in [0.2, 0.25) is 0 Å². The smallest absolute Gasteiger partial charge is 0.200 e. The zero-order valence-corrected chi connectivity index (χ0v) is 6.52. The summed E-state index contributed by atoms with van der Waals surface area (Å²) in [6, 6.07) is 0. The number of halogens is 1. The number of alkyl halides is 1. The van der Waals surface area contributed by atoms with Gasteiger partial charge in [-0.1, -0.05) is 0 Å². The number of nitrogens with zero attached hydrogens (tertiary/aromatic N) is 1. The second-order valence-corrected chi connectivity index (χ2v) is 4.38. The molecule has 2 heterocycles. The van der Waals surface area contributed by atoms with Gasteiger partial charge in [0.2, 0.25) is 0 Å². The molecular formula is C9H12FN. The molecule has 2 fully saturated rings. The van der Waals surface area contributed by atoms with Crippen LogP contribution in [0, 0.1) is 11.8 Å². The van der Waals surface area contributed by atoms with Gasteiger partial charge in [-0.2, -0.15) is 0 Å². The fourth-order valence-corrected chi connectivity index (χ4v) is 3.13. The quantitative estimate of drug-likeness (QED) is 0.473. The maximum absolute atomic E-state index is 13.7. The number of hydrogen-bond donors (Lipinski definition) is 0. The van der Waals surface area contributed by atoms with Crippen molar-refractivity contribution in [3.8, 4) is 0 Å². The van der Waals surface area contributed by atoms with Gasteiger partial charge in [-0.05, 0) is 31.1 Å². The summed E-state index contributed by atoms with van der Waals surface area (Å²) in [5, 5.41) is 0. The third-order valence-corrected chi connectivity index (χ3v) is 3.28. The summed E-state index contributed by atoms with van der Waals surface area (Å²) in [6.45, 7) is 0. The molecule has 0 aromatic rings. The van der Waals surface area contributed by atoms with Crippen molar-refractivity contribution in [2.24, 2.45) is 16.8 Å². The molecule has 0 aromatic heterocycles. The minimum atomic E-state index is -1.11. The molecule has 11 heavy (non-hydrogen) atoms. The molecular weight excluding hydrogens is 141 g/mol. The Balaban J connectivity index is 2.08. The Hall–Kier alpha value is -0.400. The maximum Gasteiger partial charge on any atom is 0.200 e. The predicted octanol–water partition coefficient (Wildman–Crippen LogP) is 2.32. The van der Waals surface area contributed by atoms with Crippen molar-refractivity contribution in [3.05, 3.63) is 0 Å². The normalized spacial score (nSPS) is 53.0.